The summed E-state index contributed by atoms with van der Waals surface area (Å²) in [6.07, 6.45) is 2.52. The van der Waals surface area contributed by atoms with Crippen LogP contribution in [-0.2, 0) is 11.2 Å². The van der Waals surface area contributed by atoms with Gasteiger partial charge in [-0.15, -0.1) is 11.3 Å². The standard InChI is InChI=1S/C27H26Cl2N2O4S/c1-34-19-11-16(12-20(14-19)35-2)27(33)31(18-4-5-18)15-25(32)30-9-7-24-22(8-10-36-24)26(30)21-6-3-17(28)13-23(21)29/h3,6,8,10-14,18,26H,4-5,7,9,15H2,1-2H3/t26-/m1/s1. The summed E-state index contributed by atoms with van der Waals surface area (Å²) in [5.41, 5.74) is 2.34. The van der Waals surface area contributed by atoms with Gasteiger partial charge in [-0.25, -0.2) is 0 Å². The van der Waals surface area contributed by atoms with E-state index < -0.39 is 0 Å². The first-order valence-electron chi connectivity index (χ1n) is 11.7. The van der Waals surface area contributed by atoms with Gasteiger partial charge in [-0.2, -0.15) is 0 Å². The Labute approximate surface area is 224 Å². The number of ether oxygens (including phenoxy) is 2. The van der Waals surface area contributed by atoms with Crippen LogP contribution in [0.2, 0.25) is 10.0 Å². The Bertz CT molecular complexity index is 1280. The normalized spacial score (nSPS) is 16.9. The molecule has 5 rings (SSSR count). The maximum Gasteiger partial charge on any atom is 0.254 e. The van der Waals surface area contributed by atoms with Crippen LogP contribution in [0.5, 0.6) is 11.5 Å². The summed E-state index contributed by atoms with van der Waals surface area (Å²) in [6.45, 7) is 0.542. The third-order valence-electron chi connectivity index (χ3n) is 6.70. The van der Waals surface area contributed by atoms with Crippen molar-refractivity contribution in [2.24, 2.45) is 0 Å². The Morgan fingerprint density at radius 3 is 2.39 bits per heavy atom. The zero-order valence-electron chi connectivity index (χ0n) is 20.0. The summed E-state index contributed by atoms with van der Waals surface area (Å²) < 4.78 is 10.7. The van der Waals surface area contributed by atoms with Gasteiger partial charge in [0.1, 0.15) is 18.0 Å². The Morgan fingerprint density at radius 1 is 1.03 bits per heavy atom. The number of fused-ring (bicyclic) bond motifs is 1. The minimum absolute atomic E-state index is 0.00972. The largest absolute Gasteiger partial charge is 0.497 e. The first-order valence-corrected chi connectivity index (χ1v) is 13.4. The van der Waals surface area contributed by atoms with Crippen molar-refractivity contribution < 1.29 is 19.1 Å². The van der Waals surface area contributed by atoms with Crippen molar-refractivity contribution in [1.82, 2.24) is 9.80 Å². The van der Waals surface area contributed by atoms with E-state index in [0.717, 1.165) is 30.4 Å². The minimum Gasteiger partial charge on any atom is -0.497 e. The molecule has 6 nitrogen and oxygen atoms in total. The van der Waals surface area contributed by atoms with Crippen molar-refractivity contribution in [3.63, 3.8) is 0 Å². The topological polar surface area (TPSA) is 59.1 Å². The molecule has 0 radical (unpaired) electrons. The molecule has 1 aromatic heterocycles. The molecule has 1 atom stereocenters. The van der Waals surface area contributed by atoms with Crippen LogP contribution in [-0.4, -0.2) is 55.0 Å². The Morgan fingerprint density at radius 2 is 1.75 bits per heavy atom. The van der Waals surface area contributed by atoms with E-state index in [1.807, 2.05) is 16.3 Å². The number of nitrogens with zero attached hydrogens (tertiary/aromatic N) is 2. The van der Waals surface area contributed by atoms with E-state index in [0.29, 0.717) is 33.7 Å². The number of carbonyl (C=O) groups excluding carboxylic acids is 2. The second-order valence-corrected chi connectivity index (χ2v) is 10.8. The highest BCUT2D eigenvalue weighted by atomic mass is 35.5. The lowest BCUT2D eigenvalue weighted by molar-refractivity contribution is -0.134. The number of hydrogen-bond donors (Lipinski definition) is 0. The summed E-state index contributed by atoms with van der Waals surface area (Å²) >= 11 is 14.5. The zero-order chi connectivity index (χ0) is 25.4. The molecule has 3 aromatic rings. The molecular formula is C27H26Cl2N2O4S. The molecule has 2 amide bonds. The van der Waals surface area contributed by atoms with Gasteiger partial charge in [-0.05, 0) is 66.1 Å². The van der Waals surface area contributed by atoms with Crippen LogP contribution in [0, 0.1) is 0 Å². The molecule has 2 aliphatic rings. The van der Waals surface area contributed by atoms with E-state index in [4.69, 9.17) is 32.7 Å². The van der Waals surface area contributed by atoms with Crippen molar-refractivity contribution >= 4 is 46.4 Å². The van der Waals surface area contributed by atoms with Crippen molar-refractivity contribution in [2.75, 3.05) is 27.3 Å². The fourth-order valence-corrected chi connectivity index (χ4v) is 6.15. The number of benzene rings is 2. The summed E-state index contributed by atoms with van der Waals surface area (Å²) in [7, 11) is 3.09. The van der Waals surface area contributed by atoms with Crippen molar-refractivity contribution in [3.05, 3.63) is 79.5 Å². The van der Waals surface area contributed by atoms with Gasteiger partial charge in [-0.3, -0.25) is 9.59 Å². The highest BCUT2D eigenvalue weighted by Gasteiger charge is 2.39. The molecule has 2 heterocycles. The molecule has 2 aromatic carbocycles. The fraction of sp³-hybridized carbons (Fsp3) is 0.333. The number of amides is 2. The van der Waals surface area contributed by atoms with E-state index in [-0.39, 0.29) is 30.4 Å². The molecule has 0 spiro atoms. The molecule has 36 heavy (non-hydrogen) atoms. The Hall–Kier alpha value is -2.74. The van der Waals surface area contributed by atoms with Gasteiger partial charge in [0, 0.05) is 39.1 Å². The quantitative estimate of drug-likeness (QED) is 0.374. The van der Waals surface area contributed by atoms with E-state index in [1.54, 1.807) is 60.8 Å². The van der Waals surface area contributed by atoms with E-state index in [1.165, 1.54) is 4.88 Å². The predicted octanol–water partition coefficient (Wildman–Crippen LogP) is 5.85. The van der Waals surface area contributed by atoms with Crippen LogP contribution in [0.3, 0.4) is 0 Å². The smallest absolute Gasteiger partial charge is 0.254 e. The molecule has 1 aliphatic carbocycles. The van der Waals surface area contributed by atoms with Gasteiger partial charge in [-0.1, -0.05) is 29.3 Å². The average Bonchev–Trinajstić information content (AvgIpc) is 3.61. The van der Waals surface area contributed by atoms with Crippen LogP contribution in [0.25, 0.3) is 0 Å². The number of carbonyl (C=O) groups is 2. The van der Waals surface area contributed by atoms with Crippen molar-refractivity contribution in [1.29, 1.82) is 0 Å². The highest BCUT2D eigenvalue weighted by Crippen LogP contribution is 2.41. The van der Waals surface area contributed by atoms with Gasteiger partial charge in [0.15, 0.2) is 0 Å². The van der Waals surface area contributed by atoms with E-state index in [2.05, 4.69) is 6.07 Å². The Kier molecular flexibility index (Phi) is 7.15. The van der Waals surface area contributed by atoms with E-state index >= 15 is 0 Å². The van der Waals surface area contributed by atoms with Crippen molar-refractivity contribution in [2.45, 2.75) is 31.3 Å². The molecular weight excluding hydrogens is 519 g/mol. The third-order valence-corrected chi connectivity index (χ3v) is 8.25. The van der Waals surface area contributed by atoms with Crippen LogP contribution in [0.1, 0.15) is 45.2 Å². The van der Waals surface area contributed by atoms with Gasteiger partial charge in [0.05, 0.1) is 20.3 Å². The van der Waals surface area contributed by atoms with E-state index in [9.17, 15) is 9.59 Å². The minimum atomic E-state index is -0.328. The first kappa shape index (κ1) is 24.9. The third kappa shape index (κ3) is 4.92. The highest BCUT2D eigenvalue weighted by molar-refractivity contribution is 7.10. The molecule has 188 valence electrons. The SMILES string of the molecule is COc1cc(OC)cc(C(=O)N(CC(=O)N2CCc3sccc3[C@H]2c2ccc(Cl)cc2Cl)C2CC2)c1. The lowest BCUT2D eigenvalue weighted by atomic mass is 9.93. The summed E-state index contributed by atoms with van der Waals surface area (Å²) in [5, 5.41) is 3.11. The molecule has 1 fully saturated rings. The number of thiophene rings is 1. The molecule has 0 saturated heterocycles. The van der Waals surface area contributed by atoms with Crippen LogP contribution < -0.4 is 9.47 Å². The molecule has 1 aliphatic heterocycles. The molecule has 0 N–H and O–H groups in total. The maximum atomic E-state index is 13.8. The first-order chi connectivity index (χ1) is 17.4. The van der Waals surface area contributed by atoms with Gasteiger partial charge in [0.2, 0.25) is 5.91 Å². The van der Waals surface area contributed by atoms with Gasteiger partial charge >= 0.3 is 0 Å². The monoisotopic (exact) mass is 544 g/mol. The molecule has 1 saturated carbocycles. The number of hydrogen-bond acceptors (Lipinski definition) is 5. The number of rotatable bonds is 7. The summed E-state index contributed by atoms with van der Waals surface area (Å²) in [4.78, 5) is 32.2. The van der Waals surface area contributed by atoms with Crippen LogP contribution in [0.4, 0.5) is 0 Å². The molecule has 9 heteroatoms. The van der Waals surface area contributed by atoms with Gasteiger partial charge in [0.25, 0.3) is 5.91 Å². The van der Waals surface area contributed by atoms with Crippen LogP contribution >= 0.6 is 34.5 Å². The van der Waals surface area contributed by atoms with Crippen LogP contribution in [0.15, 0.2) is 47.8 Å². The lowest BCUT2D eigenvalue weighted by Crippen LogP contribution is -2.47. The Balaban J connectivity index is 1.45. The number of methoxy groups -OCH3 is 2. The predicted molar refractivity (Wildman–Crippen MR) is 142 cm³/mol. The van der Waals surface area contributed by atoms with Crippen molar-refractivity contribution in [3.8, 4) is 11.5 Å². The molecule has 0 bridgehead atoms. The molecule has 0 unspecified atom stereocenters. The average molecular weight is 545 g/mol. The number of halogens is 2. The lowest BCUT2D eigenvalue weighted by Gasteiger charge is -2.38. The fourth-order valence-electron chi connectivity index (χ4n) is 4.73. The summed E-state index contributed by atoms with van der Waals surface area (Å²) in [5.74, 6) is 0.729. The second-order valence-electron chi connectivity index (χ2n) is 8.97. The summed E-state index contributed by atoms with van der Waals surface area (Å²) in [6, 6.07) is 12.2. The zero-order valence-corrected chi connectivity index (χ0v) is 22.3. The van der Waals surface area contributed by atoms with Gasteiger partial charge < -0.3 is 19.3 Å². The maximum absolute atomic E-state index is 13.8. The second kappa shape index (κ2) is 10.3.